The summed E-state index contributed by atoms with van der Waals surface area (Å²) in [6.07, 6.45) is 4.93. The lowest BCUT2D eigenvalue weighted by Gasteiger charge is -2.29. The molecule has 2 N–H and O–H groups in total. The molecule has 0 unspecified atom stereocenters. The maximum absolute atomic E-state index is 11.1. The molecule has 1 heterocycles. The van der Waals surface area contributed by atoms with Gasteiger partial charge in [-0.1, -0.05) is 25.8 Å². The standard InChI is InChI=1S/C21H26N2O2/c1-2-3-4-12-23-13-11-17-14-20(10-7-18(17)15-23)25-19-8-5-16(6-9-19)21(22)24/h5-10,14H,2-4,11-13,15H2,1H3,(H2,22,24). The van der Waals surface area contributed by atoms with E-state index in [0.717, 1.165) is 25.3 Å². The van der Waals surface area contributed by atoms with E-state index in [1.165, 1.54) is 36.9 Å². The molecule has 0 saturated heterocycles. The molecule has 132 valence electrons. The van der Waals surface area contributed by atoms with Crippen LogP contribution < -0.4 is 10.5 Å². The average molecular weight is 338 g/mol. The quantitative estimate of drug-likeness (QED) is 0.772. The summed E-state index contributed by atoms with van der Waals surface area (Å²) in [5, 5.41) is 0. The Morgan fingerprint density at radius 3 is 2.56 bits per heavy atom. The Balaban J connectivity index is 1.63. The zero-order valence-electron chi connectivity index (χ0n) is 14.8. The van der Waals surface area contributed by atoms with E-state index in [1.54, 1.807) is 24.3 Å². The van der Waals surface area contributed by atoms with Crippen molar-refractivity contribution in [3.63, 3.8) is 0 Å². The summed E-state index contributed by atoms with van der Waals surface area (Å²) in [5.41, 5.74) is 8.52. The van der Waals surface area contributed by atoms with Crippen molar-refractivity contribution < 1.29 is 9.53 Å². The second kappa shape index (κ2) is 8.17. The van der Waals surface area contributed by atoms with Gasteiger partial charge in [0.05, 0.1) is 0 Å². The van der Waals surface area contributed by atoms with Gasteiger partial charge in [0.1, 0.15) is 11.5 Å². The Labute approximate surface area is 149 Å². The molecule has 25 heavy (non-hydrogen) atoms. The maximum atomic E-state index is 11.1. The first-order valence-electron chi connectivity index (χ1n) is 9.07. The van der Waals surface area contributed by atoms with Crippen molar-refractivity contribution in [2.45, 2.75) is 39.2 Å². The van der Waals surface area contributed by atoms with Gasteiger partial charge in [0, 0.05) is 18.7 Å². The Bertz CT molecular complexity index is 725. The lowest BCUT2D eigenvalue weighted by Crippen LogP contribution is -2.31. The maximum Gasteiger partial charge on any atom is 0.248 e. The number of benzene rings is 2. The smallest absolute Gasteiger partial charge is 0.248 e. The fraction of sp³-hybridized carbons (Fsp3) is 0.381. The van der Waals surface area contributed by atoms with E-state index < -0.39 is 5.91 Å². The van der Waals surface area contributed by atoms with Crippen LogP contribution in [0.2, 0.25) is 0 Å². The van der Waals surface area contributed by atoms with Crippen molar-refractivity contribution in [2.24, 2.45) is 5.73 Å². The van der Waals surface area contributed by atoms with E-state index in [0.29, 0.717) is 11.3 Å². The Hall–Kier alpha value is -2.33. The van der Waals surface area contributed by atoms with Crippen LogP contribution in [-0.4, -0.2) is 23.9 Å². The third kappa shape index (κ3) is 4.60. The second-order valence-corrected chi connectivity index (χ2v) is 6.65. The van der Waals surface area contributed by atoms with Gasteiger partial charge in [-0.05, 0) is 66.9 Å². The SMILES string of the molecule is CCCCCN1CCc2cc(Oc3ccc(C(N)=O)cc3)ccc2C1. The molecular formula is C21H26N2O2. The van der Waals surface area contributed by atoms with Crippen LogP contribution in [0.5, 0.6) is 11.5 Å². The summed E-state index contributed by atoms with van der Waals surface area (Å²) < 4.78 is 5.92. The number of primary amides is 1. The number of hydrogen-bond acceptors (Lipinski definition) is 3. The van der Waals surface area contributed by atoms with Gasteiger partial charge in [0.15, 0.2) is 0 Å². The lowest BCUT2D eigenvalue weighted by atomic mass is 9.99. The highest BCUT2D eigenvalue weighted by atomic mass is 16.5. The molecule has 0 atom stereocenters. The molecule has 4 nitrogen and oxygen atoms in total. The van der Waals surface area contributed by atoms with Gasteiger partial charge in [0.25, 0.3) is 0 Å². The highest BCUT2D eigenvalue weighted by molar-refractivity contribution is 5.92. The molecule has 0 radical (unpaired) electrons. The van der Waals surface area contributed by atoms with Gasteiger partial charge in [-0.25, -0.2) is 0 Å². The highest BCUT2D eigenvalue weighted by Gasteiger charge is 2.16. The predicted molar refractivity (Wildman–Crippen MR) is 100.0 cm³/mol. The molecule has 3 rings (SSSR count). The van der Waals surface area contributed by atoms with Gasteiger partial charge >= 0.3 is 0 Å². The van der Waals surface area contributed by atoms with Crippen LogP contribution >= 0.6 is 0 Å². The van der Waals surface area contributed by atoms with E-state index in [2.05, 4.69) is 24.0 Å². The minimum atomic E-state index is -0.427. The number of hydrogen-bond donors (Lipinski definition) is 1. The molecule has 1 aliphatic heterocycles. The van der Waals surface area contributed by atoms with Crippen molar-refractivity contribution in [1.82, 2.24) is 4.90 Å². The molecule has 0 aromatic heterocycles. The van der Waals surface area contributed by atoms with E-state index in [-0.39, 0.29) is 0 Å². The monoisotopic (exact) mass is 338 g/mol. The van der Waals surface area contributed by atoms with Crippen LogP contribution in [0.25, 0.3) is 0 Å². The number of ether oxygens (including phenoxy) is 1. The number of fused-ring (bicyclic) bond motifs is 1. The molecule has 1 aliphatic rings. The van der Waals surface area contributed by atoms with Gasteiger partial charge in [-0.3, -0.25) is 9.69 Å². The van der Waals surface area contributed by atoms with Crippen LogP contribution in [0, 0.1) is 0 Å². The molecule has 4 heteroatoms. The van der Waals surface area contributed by atoms with E-state index in [1.807, 2.05) is 6.07 Å². The fourth-order valence-electron chi connectivity index (χ4n) is 3.25. The first-order valence-corrected chi connectivity index (χ1v) is 9.07. The van der Waals surface area contributed by atoms with E-state index >= 15 is 0 Å². The molecule has 0 saturated carbocycles. The lowest BCUT2D eigenvalue weighted by molar-refractivity contribution is 0.100. The predicted octanol–water partition coefficient (Wildman–Crippen LogP) is 4.13. The number of rotatable bonds is 7. The van der Waals surface area contributed by atoms with Crippen molar-refractivity contribution in [3.8, 4) is 11.5 Å². The van der Waals surface area contributed by atoms with Crippen LogP contribution in [0.1, 0.15) is 47.7 Å². The molecular weight excluding hydrogens is 312 g/mol. The summed E-state index contributed by atoms with van der Waals surface area (Å²) in [6.45, 7) is 5.59. The second-order valence-electron chi connectivity index (χ2n) is 6.65. The van der Waals surface area contributed by atoms with Crippen LogP contribution in [-0.2, 0) is 13.0 Å². The van der Waals surface area contributed by atoms with Gasteiger partial charge in [-0.2, -0.15) is 0 Å². The number of amides is 1. The highest BCUT2D eigenvalue weighted by Crippen LogP contribution is 2.27. The number of unbranched alkanes of at least 4 members (excludes halogenated alkanes) is 2. The zero-order valence-corrected chi connectivity index (χ0v) is 14.8. The summed E-state index contributed by atoms with van der Waals surface area (Å²) >= 11 is 0. The van der Waals surface area contributed by atoms with E-state index in [9.17, 15) is 4.79 Å². The Morgan fingerprint density at radius 2 is 1.84 bits per heavy atom. The molecule has 2 aromatic carbocycles. The third-order valence-corrected chi connectivity index (χ3v) is 4.72. The first-order chi connectivity index (χ1) is 12.2. The summed E-state index contributed by atoms with van der Waals surface area (Å²) in [4.78, 5) is 13.7. The number of nitrogens with zero attached hydrogens (tertiary/aromatic N) is 1. The van der Waals surface area contributed by atoms with Gasteiger partial charge < -0.3 is 10.5 Å². The summed E-state index contributed by atoms with van der Waals surface area (Å²) in [6, 6.07) is 13.3. The third-order valence-electron chi connectivity index (χ3n) is 4.72. The largest absolute Gasteiger partial charge is 0.457 e. The van der Waals surface area contributed by atoms with Gasteiger partial charge in [0.2, 0.25) is 5.91 Å². The minimum Gasteiger partial charge on any atom is -0.457 e. The molecule has 1 amide bonds. The van der Waals surface area contributed by atoms with E-state index in [4.69, 9.17) is 10.5 Å². The molecule has 0 bridgehead atoms. The molecule has 2 aromatic rings. The van der Waals surface area contributed by atoms with Gasteiger partial charge in [-0.15, -0.1) is 0 Å². The zero-order chi connectivity index (χ0) is 17.6. The first kappa shape index (κ1) is 17.5. The van der Waals surface area contributed by atoms with Crippen molar-refractivity contribution in [1.29, 1.82) is 0 Å². The van der Waals surface area contributed by atoms with Crippen molar-refractivity contribution in [2.75, 3.05) is 13.1 Å². The average Bonchev–Trinajstić information content (AvgIpc) is 2.62. The molecule has 0 fully saturated rings. The topological polar surface area (TPSA) is 55.6 Å². The molecule has 0 aliphatic carbocycles. The fourth-order valence-corrected chi connectivity index (χ4v) is 3.25. The van der Waals surface area contributed by atoms with Crippen LogP contribution in [0.4, 0.5) is 0 Å². The summed E-state index contributed by atoms with van der Waals surface area (Å²) in [7, 11) is 0. The Morgan fingerprint density at radius 1 is 1.08 bits per heavy atom. The number of carbonyl (C=O) groups is 1. The normalized spacial score (nSPS) is 14.1. The minimum absolute atomic E-state index is 0.427. The number of nitrogens with two attached hydrogens (primary N) is 1. The summed E-state index contributed by atoms with van der Waals surface area (Å²) in [5.74, 6) is 1.12. The van der Waals surface area contributed by atoms with Crippen molar-refractivity contribution >= 4 is 5.91 Å². The molecule has 0 spiro atoms. The number of carbonyl (C=O) groups excluding carboxylic acids is 1. The van der Waals surface area contributed by atoms with Crippen molar-refractivity contribution in [3.05, 3.63) is 59.2 Å². The Kier molecular flexibility index (Phi) is 5.71. The van der Waals surface area contributed by atoms with Crippen LogP contribution in [0.15, 0.2) is 42.5 Å². The van der Waals surface area contributed by atoms with Crippen LogP contribution in [0.3, 0.4) is 0 Å².